The van der Waals surface area contributed by atoms with Gasteiger partial charge in [0.1, 0.15) is 15.6 Å². The molecule has 1 aromatic carbocycles. The van der Waals surface area contributed by atoms with Crippen LogP contribution in [0.5, 0.6) is 11.5 Å². The molecule has 0 bridgehead atoms. The van der Waals surface area contributed by atoms with Gasteiger partial charge in [0.15, 0.2) is 11.5 Å². The molecule has 0 spiro atoms. The van der Waals surface area contributed by atoms with Crippen molar-refractivity contribution in [3.05, 3.63) is 27.0 Å². The Bertz CT molecular complexity index is 1090. The molecule has 0 radical (unpaired) electrons. The average Bonchev–Trinajstić information content (AvgIpc) is 3.52. The predicted molar refractivity (Wildman–Crippen MR) is 128 cm³/mol. The van der Waals surface area contributed by atoms with Crippen molar-refractivity contribution in [1.82, 2.24) is 9.88 Å². The third-order valence-electron chi connectivity index (χ3n) is 5.90. The minimum absolute atomic E-state index is 0.0923. The largest absolute Gasteiger partial charge is 0.573 e. The summed E-state index contributed by atoms with van der Waals surface area (Å²) in [5, 5.41) is 0.802. The maximum atomic E-state index is 13.1. The van der Waals surface area contributed by atoms with E-state index in [-0.39, 0.29) is 23.7 Å². The van der Waals surface area contributed by atoms with Gasteiger partial charge in [-0.2, -0.15) is 0 Å². The van der Waals surface area contributed by atoms with Crippen LogP contribution < -0.4 is 9.47 Å². The molecule has 1 saturated heterocycles. The van der Waals surface area contributed by atoms with Gasteiger partial charge in [-0.15, -0.1) is 24.5 Å². The number of thiazole rings is 1. The number of likely N-dealkylation sites (tertiary alicyclic amines) is 1. The van der Waals surface area contributed by atoms with Gasteiger partial charge in [0.2, 0.25) is 0 Å². The van der Waals surface area contributed by atoms with E-state index in [0.29, 0.717) is 47.1 Å². The number of methoxy groups -OCH3 is 1. The number of carbonyl (C=O) groups excluding carboxylic acids is 1. The zero-order chi connectivity index (χ0) is 25.5. The summed E-state index contributed by atoms with van der Waals surface area (Å²) in [7, 11) is 1.34. The van der Waals surface area contributed by atoms with Crippen molar-refractivity contribution in [2.75, 3.05) is 20.2 Å². The number of piperidine rings is 1. The topological polar surface area (TPSA) is 60.9 Å². The van der Waals surface area contributed by atoms with Gasteiger partial charge in [-0.25, -0.2) is 9.78 Å². The Morgan fingerprint density at radius 3 is 2.31 bits per heavy atom. The van der Waals surface area contributed by atoms with Gasteiger partial charge in [0, 0.05) is 30.1 Å². The molecule has 1 aliphatic carbocycles. The summed E-state index contributed by atoms with van der Waals surface area (Å²) >= 11 is 7.85. The van der Waals surface area contributed by atoms with Gasteiger partial charge in [0.05, 0.1) is 12.1 Å². The van der Waals surface area contributed by atoms with E-state index >= 15 is 0 Å². The lowest BCUT2D eigenvalue weighted by Crippen LogP contribution is -2.41. The number of benzene rings is 1. The van der Waals surface area contributed by atoms with E-state index in [1.807, 2.05) is 20.8 Å². The highest BCUT2D eigenvalue weighted by Gasteiger charge is 2.36. The quantitative estimate of drug-likeness (QED) is 0.402. The van der Waals surface area contributed by atoms with E-state index in [1.54, 1.807) is 11.0 Å². The molecule has 4 rings (SSSR count). The average molecular weight is 533 g/mol. The van der Waals surface area contributed by atoms with Gasteiger partial charge in [0.25, 0.3) is 0 Å². The third-order valence-corrected chi connectivity index (χ3v) is 7.32. The molecule has 1 amide bonds. The summed E-state index contributed by atoms with van der Waals surface area (Å²) in [6.07, 6.45) is -2.06. The first kappa shape index (κ1) is 25.9. The van der Waals surface area contributed by atoms with Crippen molar-refractivity contribution < 1.29 is 32.2 Å². The second-order valence-electron chi connectivity index (χ2n) is 9.84. The molecule has 1 aliphatic heterocycles. The van der Waals surface area contributed by atoms with Crippen LogP contribution in [0.15, 0.2) is 12.1 Å². The molecule has 0 unspecified atom stereocenters. The molecule has 35 heavy (non-hydrogen) atoms. The summed E-state index contributed by atoms with van der Waals surface area (Å²) in [5.41, 5.74) is 1.00. The summed E-state index contributed by atoms with van der Waals surface area (Å²) in [4.78, 5) is 18.7. The van der Waals surface area contributed by atoms with E-state index in [2.05, 4.69) is 4.74 Å². The molecule has 2 heterocycles. The van der Waals surface area contributed by atoms with Gasteiger partial charge >= 0.3 is 12.5 Å². The van der Waals surface area contributed by atoms with Gasteiger partial charge in [-0.3, -0.25) is 0 Å². The lowest BCUT2D eigenvalue weighted by atomic mass is 9.97. The summed E-state index contributed by atoms with van der Waals surface area (Å²) < 4.78 is 54.7. The number of halogens is 4. The van der Waals surface area contributed by atoms with E-state index in [9.17, 15) is 18.0 Å². The molecule has 2 aliphatic rings. The lowest BCUT2D eigenvalue weighted by molar-refractivity contribution is -0.275. The first-order valence-corrected chi connectivity index (χ1v) is 12.7. The van der Waals surface area contributed by atoms with Crippen molar-refractivity contribution >= 4 is 29.0 Å². The van der Waals surface area contributed by atoms with Crippen LogP contribution >= 0.6 is 22.9 Å². The number of rotatable bonds is 5. The van der Waals surface area contributed by atoms with Crippen LogP contribution in [0.3, 0.4) is 0 Å². The number of hydrogen-bond acceptors (Lipinski definition) is 6. The minimum atomic E-state index is -4.86. The normalized spacial score (nSPS) is 17.4. The van der Waals surface area contributed by atoms with E-state index in [4.69, 9.17) is 26.1 Å². The van der Waals surface area contributed by atoms with Gasteiger partial charge in [-0.05, 0) is 64.5 Å². The first-order valence-electron chi connectivity index (χ1n) is 11.5. The Kier molecular flexibility index (Phi) is 7.16. The number of alkyl halides is 3. The highest BCUT2D eigenvalue weighted by molar-refractivity contribution is 7.16. The fourth-order valence-corrected chi connectivity index (χ4v) is 5.55. The van der Waals surface area contributed by atoms with Crippen LogP contribution in [0, 0.1) is 0 Å². The standard InChI is InChI=1S/C24H28ClF3N2O4S/c1-23(2,3)34-22(31)30-9-7-14(8-10-30)21-29-18(20(25)35-21)15-11-16(13-5-6-13)19(32-4)17(12-15)33-24(26,27)28/h11-14H,5-10H2,1-4H3. The van der Waals surface area contributed by atoms with Crippen LogP contribution in [-0.2, 0) is 4.74 Å². The van der Waals surface area contributed by atoms with Crippen LogP contribution in [0.4, 0.5) is 18.0 Å². The number of carbonyl (C=O) groups is 1. The minimum Gasteiger partial charge on any atom is -0.493 e. The smallest absolute Gasteiger partial charge is 0.493 e. The monoisotopic (exact) mass is 532 g/mol. The van der Waals surface area contributed by atoms with Crippen LogP contribution in [0.1, 0.15) is 68.9 Å². The van der Waals surface area contributed by atoms with Crippen molar-refractivity contribution in [2.45, 2.75) is 70.3 Å². The number of hydrogen-bond donors (Lipinski definition) is 0. The number of ether oxygens (including phenoxy) is 3. The van der Waals surface area contributed by atoms with Crippen LogP contribution in [-0.4, -0.2) is 48.1 Å². The number of amides is 1. The Hall–Kier alpha value is -2.20. The molecule has 2 fully saturated rings. The Morgan fingerprint density at radius 1 is 1.11 bits per heavy atom. The fraction of sp³-hybridized carbons (Fsp3) is 0.583. The van der Waals surface area contributed by atoms with Crippen LogP contribution in [0.25, 0.3) is 11.3 Å². The summed E-state index contributed by atoms with van der Waals surface area (Å²) in [6.45, 7) is 6.55. The van der Waals surface area contributed by atoms with Crippen LogP contribution in [0.2, 0.25) is 4.34 Å². The zero-order valence-electron chi connectivity index (χ0n) is 20.0. The fourth-order valence-electron chi connectivity index (χ4n) is 4.18. The van der Waals surface area contributed by atoms with Gasteiger partial charge in [-0.1, -0.05) is 11.6 Å². The summed E-state index contributed by atoms with van der Waals surface area (Å²) in [5.74, 6) is -0.0862. The van der Waals surface area contributed by atoms with E-state index in [1.165, 1.54) is 24.5 Å². The number of aromatic nitrogens is 1. The highest BCUT2D eigenvalue weighted by atomic mass is 35.5. The van der Waals surface area contributed by atoms with Crippen molar-refractivity contribution in [1.29, 1.82) is 0 Å². The lowest BCUT2D eigenvalue weighted by Gasteiger charge is -2.32. The second-order valence-corrected chi connectivity index (χ2v) is 11.5. The zero-order valence-corrected chi connectivity index (χ0v) is 21.6. The molecule has 11 heteroatoms. The highest BCUT2D eigenvalue weighted by Crippen LogP contribution is 2.51. The van der Waals surface area contributed by atoms with Gasteiger partial charge < -0.3 is 19.1 Å². The molecule has 6 nitrogen and oxygen atoms in total. The molecular weight excluding hydrogens is 505 g/mol. The maximum Gasteiger partial charge on any atom is 0.573 e. The molecule has 2 aromatic rings. The molecule has 192 valence electrons. The SMILES string of the molecule is COc1c(OC(F)(F)F)cc(-c2nc(C3CCN(C(=O)OC(C)(C)C)CC3)sc2Cl)cc1C1CC1. The second kappa shape index (κ2) is 9.69. The predicted octanol–water partition coefficient (Wildman–Crippen LogP) is 7.36. The maximum absolute atomic E-state index is 13.1. The Labute approximate surface area is 211 Å². The van der Waals surface area contributed by atoms with E-state index < -0.39 is 17.7 Å². The molecule has 1 aromatic heterocycles. The summed E-state index contributed by atoms with van der Waals surface area (Å²) in [6, 6.07) is 3.09. The Balaban J connectivity index is 1.56. The molecule has 0 atom stereocenters. The first-order chi connectivity index (χ1) is 16.3. The Morgan fingerprint density at radius 2 is 1.77 bits per heavy atom. The van der Waals surface area contributed by atoms with Crippen molar-refractivity contribution in [2.24, 2.45) is 0 Å². The van der Waals surface area contributed by atoms with Crippen molar-refractivity contribution in [3.8, 4) is 22.8 Å². The number of nitrogens with zero attached hydrogens (tertiary/aromatic N) is 2. The van der Waals surface area contributed by atoms with Crippen molar-refractivity contribution in [3.63, 3.8) is 0 Å². The molecule has 0 N–H and O–H groups in total. The third kappa shape index (κ3) is 6.33. The molecule has 1 saturated carbocycles. The van der Waals surface area contributed by atoms with E-state index in [0.717, 1.165) is 17.8 Å². The molecular formula is C24H28ClF3N2O4S.